The first kappa shape index (κ1) is 21.2. The molecule has 2 aromatic carbocycles. The molecule has 1 N–H and O–H groups in total. The number of nitrogens with zero attached hydrogens (tertiary/aromatic N) is 2. The second-order valence-corrected chi connectivity index (χ2v) is 8.79. The summed E-state index contributed by atoms with van der Waals surface area (Å²) in [5, 5.41) is 3.99. The Morgan fingerprint density at radius 2 is 1.75 bits per heavy atom. The van der Waals surface area contributed by atoms with Crippen LogP contribution in [0.15, 0.2) is 59.5 Å². The van der Waals surface area contributed by atoms with Crippen molar-refractivity contribution in [3.8, 4) is 0 Å². The third-order valence-electron chi connectivity index (χ3n) is 4.99. The van der Waals surface area contributed by atoms with Gasteiger partial charge in [-0.3, -0.25) is 9.69 Å². The summed E-state index contributed by atoms with van der Waals surface area (Å²) in [5.74, 6) is 0.855. The van der Waals surface area contributed by atoms with Crippen LogP contribution in [0, 0.1) is 0 Å². The lowest BCUT2D eigenvalue weighted by Crippen LogP contribution is -2.47. The lowest BCUT2D eigenvalue weighted by molar-refractivity contribution is -0.121. The van der Waals surface area contributed by atoms with Crippen LogP contribution in [-0.2, 0) is 4.79 Å². The molecule has 1 atom stereocenters. The van der Waals surface area contributed by atoms with Crippen molar-refractivity contribution in [3.63, 3.8) is 0 Å². The van der Waals surface area contributed by atoms with Gasteiger partial charge in [-0.1, -0.05) is 41.9 Å². The fourth-order valence-electron chi connectivity index (χ4n) is 3.27. The molecule has 150 valence electrons. The highest BCUT2D eigenvalue weighted by Crippen LogP contribution is 2.21. The average Bonchev–Trinajstić information content (AvgIpc) is 2.71. The summed E-state index contributed by atoms with van der Waals surface area (Å²) in [6, 6.07) is 18.1. The number of nitrogens with one attached hydrogen (secondary N) is 1. The van der Waals surface area contributed by atoms with Gasteiger partial charge >= 0.3 is 0 Å². The van der Waals surface area contributed by atoms with E-state index in [1.807, 2.05) is 42.5 Å². The number of benzene rings is 2. The van der Waals surface area contributed by atoms with Gasteiger partial charge in [-0.15, -0.1) is 11.8 Å². The Morgan fingerprint density at radius 3 is 2.43 bits per heavy atom. The van der Waals surface area contributed by atoms with Crippen LogP contribution >= 0.6 is 23.4 Å². The van der Waals surface area contributed by atoms with E-state index in [1.54, 1.807) is 11.8 Å². The fraction of sp³-hybridized carbons (Fsp3) is 0.409. The van der Waals surface area contributed by atoms with Crippen molar-refractivity contribution in [1.82, 2.24) is 15.1 Å². The van der Waals surface area contributed by atoms with Crippen molar-refractivity contribution < 1.29 is 4.79 Å². The number of hydrogen-bond donors (Lipinski definition) is 1. The molecule has 1 unspecified atom stereocenters. The fourth-order valence-corrected chi connectivity index (χ4v) is 4.24. The highest BCUT2D eigenvalue weighted by Gasteiger charge is 2.21. The molecule has 0 bridgehead atoms. The molecule has 1 amide bonds. The molecule has 6 heteroatoms. The van der Waals surface area contributed by atoms with Gasteiger partial charge in [0.05, 0.1) is 6.04 Å². The SMILES string of the molecule is CN1CCN(CC(NC(=O)CCSc2ccc(Cl)cc2)c2ccccc2)CC1. The van der Waals surface area contributed by atoms with E-state index in [-0.39, 0.29) is 11.9 Å². The van der Waals surface area contributed by atoms with Crippen LogP contribution < -0.4 is 5.32 Å². The van der Waals surface area contributed by atoms with E-state index in [4.69, 9.17) is 11.6 Å². The summed E-state index contributed by atoms with van der Waals surface area (Å²) in [7, 11) is 2.16. The third kappa shape index (κ3) is 6.82. The molecule has 2 aromatic rings. The maximum Gasteiger partial charge on any atom is 0.221 e. The van der Waals surface area contributed by atoms with Crippen molar-refractivity contribution in [3.05, 3.63) is 65.2 Å². The van der Waals surface area contributed by atoms with E-state index < -0.39 is 0 Å². The first-order valence-electron chi connectivity index (χ1n) is 9.74. The first-order valence-corrected chi connectivity index (χ1v) is 11.1. The molecule has 1 saturated heterocycles. The molecule has 0 saturated carbocycles. The Kier molecular flexibility index (Phi) is 8.22. The lowest BCUT2D eigenvalue weighted by atomic mass is 10.1. The highest BCUT2D eigenvalue weighted by atomic mass is 35.5. The van der Waals surface area contributed by atoms with E-state index in [9.17, 15) is 4.79 Å². The maximum atomic E-state index is 12.6. The molecule has 3 rings (SSSR count). The van der Waals surface area contributed by atoms with Crippen molar-refractivity contribution >= 4 is 29.3 Å². The van der Waals surface area contributed by atoms with Crippen LogP contribution in [0.1, 0.15) is 18.0 Å². The normalized spacial score (nSPS) is 16.6. The minimum atomic E-state index is 0.0256. The molecule has 0 spiro atoms. The summed E-state index contributed by atoms with van der Waals surface area (Å²) >= 11 is 7.60. The number of rotatable bonds is 8. The van der Waals surface area contributed by atoms with E-state index >= 15 is 0 Å². The standard InChI is InChI=1S/C22H28ClN3OS/c1-25-12-14-26(15-13-25)17-21(18-5-3-2-4-6-18)24-22(27)11-16-28-20-9-7-19(23)8-10-20/h2-10,21H,11-17H2,1H3,(H,24,27). The molecule has 0 radical (unpaired) electrons. The van der Waals surface area contributed by atoms with Crippen molar-refractivity contribution in [2.75, 3.05) is 45.5 Å². The van der Waals surface area contributed by atoms with Gasteiger partial charge in [0.25, 0.3) is 0 Å². The summed E-state index contributed by atoms with van der Waals surface area (Å²) in [6.45, 7) is 5.10. The second-order valence-electron chi connectivity index (χ2n) is 7.19. The summed E-state index contributed by atoms with van der Waals surface area (Å²) in [4.78, 5) is 18.5. The highest BCUT2D eigenvalue weighted by molar-refractivity contribution is 7.99. The van der Waals surface area contributed by atoms with Gasteiger partial charge in [0, 0.05) is 54.8 Å². The molecule has 1 fully saturated rings. The third-order valence-corrected chi connectivity index (χ3v) is 6.25. The van der Waals surface area contributed by atoms with Crippen molar-refractivity contribution in [2.24, 2.45) is 0 Å². The predicted molar refractivity (Wildman–Crippen MR) is 118 cm³/mol. The summed E-state index contributed by atoms with van der Waals surface area (Å²) in [5.41, 5.74) is 1.17. The van der Waals surface area contributed by atoms with Gasteiger partial charge in [-0.25, -0.2) is 0 Å². The maximum absolute atomic E-state index is 12.6. The summed E-state index contributed by atoms with van der Waals surface area (Å²) < 4.78 is 0. The van der Waals surface area contributed by atoms with E-state index in [0.717, 1.165) is 48.4 Å². The van der Waals surface area contributed by atoms with Gasteiger partial charge in [0.15, 0.2) is 0 Å². The zero-order chi connectivity index (χ0) is 19.8. The second kappa shape index (κ2) is 10.9. The number of halogens is 1. The minimum absolute atomic E-state index is 0.0256. The van der Waals surface area contributed by atoms with Crippen molar-refractivity contribution in [2.45, 2.75) is 17.4 Å². The average molecular weight is 418 g/mol. The van der Waals surface area contributed by atoms with Gasteiger partial charge in [0.2, 0.25) is 5.91 Å². The molecule has 0 aliphatic carbocycles. The molecule has 28 heavy (non-hydrogen) atoms. The minimum Gasteiger partial charge on any atom is -0.348 e. The quantitative estimate of drug-likeness (QED) is 0.660. The first-order chi connectivity index (χ1) is 13.6. The molecule has 1 aliphatic heterocycles. The van der Waals surface area contributed by atoms with Crippen LogP contribution in [0.5, 0.6) is 0 Å². The van der Waals surface area contributed by atoms with Crippen LogP contribution in [0.2, 0.25) is 5.02 Å². The van der Waals surface area contributed by atoms with E-state index in [1.165, 1.54) is 5.56 Å². The Balaban J connectivity index is 1.52. The van der Waals surface area contributed by atoms with Gasteiger partial charge < -0.3 is 10.2 Å². The van der Waals surface area contributed by atoms with E-state index in [2.05, 4.69) is 34.3 Å². The Morgan fingerprint density at radius 1 is 1.07 bits per heavy atom. The Bertz CT molecular complexity index is 733. The molecule has 0 aromatic heterocycles. The number of carbonyl (C=O) groups excluding carboxylic acids is 1. The summed E-state index contributed by atoms with van der Waals surface area (Å²) in [6.07, 6.45) is 0.499. The van der Waals surface area contributed by atoms with Gasteiger partial charge in [-0.2, -0.15) is 0 Å². The number of piperazine rings is 1. The zero-order valence-electron chi connectivity index (χ0n) is 16.3. The predicted octanol–water partition coefficient (Wildman–Crippen LogP) is 3.93. The number of hydrogen-bond acceptors (Lipinski definition) is 4. The molecular formula is C22H28ClN3OS. The van der Waals surface area contributed by atoms with Crippen molar-refractivity contribution in [1.29, 1.82) is 0 Å². The number of thioether (sulfide) groups is 1. The topological polar surface area (TPSA) is 35.6 Å². The number of likely N-dealkylation sites (N-methyl/N-ethyl adjacent to an activating group) is 1. The largest absolute Gasteiger partial charge is 0.348 e. The van der Waals surface area contributed by atoms with Crippen LogP contribution in [-0.4, -0.2) is 61.2 Å². The molecule has 1 heterocycles. The molecule has 1 aliphatic rings. The monoisotopic (exact) mass is 417 g/mol. The van der Waals surface area contributed by atoms with Crippen LogP contribution in [0.4, 0.5) is 0 Å². The smallest absolute Gasteiger partial charge is 0.221 e. The zero-order valence-corrected chi connectivity index (χ0v) is 17.9. The van der Waals surface area contributed by atoms with Crippen LogP contribution in [0.3, 0.4) is 0 Å². The molecular weight excluding hydrogens is 390 g/mol. The van der Waals surface area contributed by atoms with E-state index in [0.29, 0.717) is 6.42 Å². The number of carbonyl (C=O) groups is 1. The molecule has 4 nitrogen and oxygen atoms in total. The lowest BCUT2D eigenvalue weighted by Gasteiger charge is -2.35. The van der Waals surface area contributed by atoms with Gasteiger partial charge in [0.1, 0.15) is 0 Å². The van der Waals surface area contributed by atoms with Gasteiger partial charge in [-0.05, 0) is 36.9 Å². The Hall–Kier alpha value is -1.53. The Labute approximate surface area is 177 Å². The van der Waals surface area contributed by atoms with Crippen LogP contribution in [0.25, 0.3) is 0 Å². The number of amides is 1.